The van der Waals surface area contributed by atoms with E-state index in [1.54, 1.807) is 47.8 Å². The molecule has 2 amide bonds. The number of thiophene rings is 1. The third kappa shape index (κ3) is 4.19. The topological polar surface area (TPSA) is 76.7 Å². The highest BCUT2D eigenvalue weighted by Crippen LogP contribution is 2.42. The molecule has 0 radical (unpaired) electrons. The molecule has 6 nitrogen and oxygen atoms in total. The second-order valence-corrected chi connectivity index (χ2v) is 7.06. The van der Waals surface area contributed by atoms with E-state index in [0.29, 0.717) is 10.4 Å². The Hall–Kier alpha value is -3.46. The summed E-state index contributed by atoms with van der Waals surface area (Å²) >= 11 is 1.25. The highest BCUT2D eigenvalue weighted by Gasteiger charge is 2.43. The lowest BCUT2D eigenvalue weighted by Gasteiger charge is -2.18. The van der Waals surface area contributed by atoms with Crippen molar-refractivity contribution in [3.8, 4) is 11.5 Å². The zero-order valence-corrected chi connectivity index (χ0v) is 15.5. The van der Waals surface area contributed by atoms with Gasteiger partial charge in [0.1, 0.15) is 6.04 Å². The number of carbonyl (C=O) groups excluding carboxylic acids is 2. The smallest absolute Gasteiger partial charge is 0.395 e. The van der Waals surface area contributed by atoms with Crippen molar-refractivity contribution >= 4 is 28.8 Å². The second-order valence-electron chi connectivity index (χ2n) is 6.11. The summed E-state index contributed by atoms with van der Waals surface area (Å²) in [6, 6.07) is 15.0. The van der Waals surface area contributed by atoms with Gasteiger partial charge in [0.25, 0.3) is 11.8 Å². The van der Waals surface area contributed by atoms with E-state index in [4.69, 9.17) is 0 Å². The number of anilines is 1. The molecule has 2 heterocycles. The van der Waals surface area contributed by atoms with Gasteiger partial charge in [-0.25, -0.2) is 0 Å². The Labute approximate surface area is 168 Å². The van der Waals surface area contributed by atoms with Crippen molar-refractivity contribution in [3.05, 3.63) is 76.5 Å². The van der Waals surface area contributed by atoms with E-state index in [-0.39, 0.29) is 17.2 Å². The van der Waals surface area contributed by atoms with Crippen LogP contribution in [0.25, 0.3) is 0 Å². The Morgan fingerprint density at radius 3 is 2.45 bits per heavy atom. The molecule has 148 valence electrons. The minimum absolute atomic E-state index is 0.126. The first-order valence-electron chi connectivity index (χ1n) is 8.51. The van der Waals surface area contributed by atoms with Crippen molar-refractivity contribution in [2.24, 2.45) is 0 Å². The van der Waals surface area contributed by atoms with Crippen molar-refractivity contribution < 1.29 is 27.8 Å². The fourth-order valence-electron chi connectivity index (χ4n) is 2.80. The standard InChI is InChI=1S/C20H14F2N2O4S/c21-20(22)27-14-9-8-13(11-15(14)28-20)23-19(26)17(12-5-2-1-3-6-12)24-18(25)16-7-4-10-29-16/h1-11,17H,(H,23,26)(H,24,25). The molecule has 0 bridgehead atoms. The summed E-state index contributed by atoms with van der Waals surface area (Å²) in [7, 11) is 0. The molecule has 1 aliphatic heterocycles. The molecule has 1 aromatic heterocycles. The average molecular weight is 416 g/mol. The van der Waals surface area contributed by atoms with E-state index in [1.807, 2.05) is 0 Å². The Balaban J connectivity index is 1.55. The quantitative estimate of drug-likeness (QED) is 0.654. The second kappa shape index (κ2) is 7.51. The molecule has 4 rings (SSSR count). The molecule has 3 aromatic rings. The number of alkyl halides is 2. The van der Waals surface area contributed by atoms with Gasteiger partial charge in [0, 0.05) is 11.8 Å². The van der Waals surface area contributed by atoms with E-state index in [2.05, 4.69) is 20.1 Å². The SMILES string of the molecule is O=C(NC(C(=O)Nc1ccc2c(c1)OC(F)(F)O2)c1ccccc1)c1cccs1. The molecule has 29 heavy (non-hydrogen) atoms. The molecule has 2 aromatic carbocycles. The number of amides is 2. The molecule has 9 heteroatoms. The number of halogens is 2. The van der Waals surface area contributed by atoms with E-state index < -0.39 is 24.2 Å². The van der Waals surface area contributed by atoms with Gasteiger partial charge in [0.15, 0.2) is 11.5 Å². The van der Waals surface area contributed by atoms with Gasteiger partial charge in [-0.1, -0.05) is 36.4 Å². The summed E-state index contributed by atoms with van der Waals surface area (Å²) in [5, 5.41) is 7.08. The molecule has 0 fully saturated rings. The van der Waals surface area contributed by atoms with Crippen LogP contribution >= 0.6 is 11.3 Å². The van der Waals surface area contributed by atoms with Gasteiger partial charge in [0.2, 0.25) is 0 Å². The van der Waals surface area contributed by atoms with Crippen LogP contribution in [-0.2, 0) is 4.79 Å². The summed E-state index contributed by atoms with van der Waals surface area (Å²) in [6.45, 7) is 0. The largest absolute Gasteiger partial charge is 0.586 e. The molecule has 1 atom stereocenters. The highest BCUT2D eigenvalue weighted by molar-refractivity contribution is 7.12. The van der Waals surface area contributed by atoms with Crippen molar-refractivity contribution in [1.82, 2.24) is 5.32 Å². The summed E-state index contributed by atoms with van der Waals surface area (Å²) in [4.78, 5) is 25.8. The molecule has 1 unspecified atom stereocenters. The third-order valence-corrected chi connectivity index (χ3v) is 4.95. The van der Waals surface area contributed by atoms with Crippen molar-refractivity contribution in [1.29, 1.82) is 0 Å². The zero-order valence-electron chi connectivity index (χ0n) is 14.7. The number of fused-ring (bicyclic) bond motifs is 1. The monoisotopic (exact) mass is 416 g/mol. The molecular formula is C20H14F2N2O4S. The normalized spacial score (nSPS) is 14.8. The minimum Gasteiger partial charge on any atom is -0.395 e. The Morgan fingerprint density at radius 1 is 0.966 bits per heavy atom. The van der Waals surface area contributed by atoms with Gasteiger partial charge in [-0.3, -0.25) is 9.59 Å². The lowest BCUT2D eigenvalue weighted by atomic mass is 10.1. The van der Waals surface area contributed by atoms with E-state index in [9.17, 15) is 18.4 Å². The molecule has 0 saturated carbocycles. The first-order chi connectivity index (χ1) is 13.9. The summed E-state index contributed by atoms with van der Waals surface area (Å²) in [5.41, 5.74) is 0.795. The van der Waals surface area contributed by atoms with Crippen LogP contribution in [0.4, 0.5) is 14.5 Å². The Bertz CT molecular complexity index is 1040. The van der Waals surface area contributed by atoms with Crippen molar-refractivity contribution in [2.45, 2.75) is 12.3 Å². The summed E-state index contributed by atoms with van der Waals surface area (Å²) in [6.07, 6.45) is -3.74. The zero-order chi connectivity index (χ0) is 20.4. The maximum absolute atomic E-state index is 13.2. The van der Waals surface area contributed by atoms with Gasteiger partial charge in [0.05, 0.1) is 4.88 Å². The summed E-state index contributed by atoms with van der Waals surface area (Å²) in [5.74, 6) is -1.24. The first-order valence-corrected chi connectivity index (χ1v) is 9.39. The van der Waals surface area contributed by atoms with Crippen LogP contribution < -0.4 is 20.1 Å². The number of benzene rings is 2. The van der Waals surface area contributed by atoms with Crippen molar-refractivity contribution in [2.75, 3.05) is 5.32 Å². The fourth-order valence-corrected chi connectivity index (χ4v) is 3.42. The summed E-state index contributed by atoms with van der Waals surface area (Å²) < 4.78 is 35.1. The van der Waals surface area contributed by atoms with Crippen LogP contribution in [0, 0.1) is 0 Å². The average Bonchev–Trinajstić information content (AvgIpc) is 3.32. The number of nitrogens with one attached hydrogen (secondary N) is 2. The molecule has 2 N–H and O–H groups in total. The number of hydrogen-bond acceptors (Lipinski definition) is 5. The predicted molar refractivity (Wildman–Crippen MR) is 102 cm³/mol. The fraction of sp³-hybridized carbons (Fsp3) is 0.100. The van der Waals surface area contributed by atoms with Gasteiger partial charge in [-0.15, -0.1) is 20.1 Å². The molecular weight excluding hydrogens is 402 g/mol. The van der Waals surface area contributed by atoms with E-state index in [0.717, 1.165) is 0 Å². The number of carbonyl (C=O) groups is 2. The van der Waals surface area contributed by atoms with Gasteiger partial charge in [-0.05, 0) is 29.1 Å². The number of rotatable bonds is 5. The van der Waals surface area contributed by atoms with Gasteiger partial charge < -0.3 is 20.1 Å². The Morgan fingerprint density at radius 2 is 1.72 bits per heavy atom. The van der Waals surface area contributed by atoms with Gasteiger partial charge >= 0.3 is 6.29 Å². The van der Waals surface area contributed by atoms with Crippen LogP contribution in [0.3, 0.4) is 0 Å². The minimum atomic E-state index is -3.74. The molecule has 1 aliphatic rings. The molecule has 0 saturated heterocycles. The third-order valence-electron chi connectivity index (χ3n) is 4.08. The predicted octanol–water partition coefficient (Wildman–Crippen LogP) is 4.18. The van der Waals surface area contributed by atoms with Crippen LogP contribution in [-0.4, -0.2) is 18.1 Å². The lowest BCUT2D eigenvalue weighted by molar-refractivity contribution is -0.286. The molecule has 0 spiro atoms. The molecule has 0 aliphatic carbocycles. The van der Waals surface area contributed by atoms with Crippen LogP contribution in [0.15, 0.2) is 66.0 Å². The maximum Gasteiger partial charge on any atom is 0.586 e. The number of ether oxygens (including phenoxy) is 2. The van der Waals surface area contributed by atoms with Crippen molar-refractivity contribution in [3.63, 3.8) is 0 Å². The maximum atomic E-state index is 13.2. The van der Waals surface area contributed by atoms with Crippen LogP contribution in [0.5, 0.6) is 11.5 Å². The van der Waals surface area contributed by atoms with E-state index in [1.165, 1.54) is 29.5 Å². The van der Waals surface area contributed by atoms with Crippen LogP contribution in [0.2, 0.25) is 0 Å². The lowest BCUT2D eigenvalue weighted by Crippen LogP contribution is -2.36. The van der Waals surface area contributed by atoms with Gasteiger partial charge in [-0.2, -0.15) is 0 Å². The highest BCUT2D eigenvalue weighted by atomic mass is 32.1. The number of hydrogen-bond donors (Lipinski definition) is 2. The van der Waals surface area contributed by atoms with Crippen LogP contribution in [0.1, 0.15) is 21.3 Å². The first kappa shape index (κ1) is 18.9. The Kier molecular flexibility index (Phi) is 4.89. The van der Waals surface area contributed by atoms with E-state index >= 15 is 0 Å².